The fraction of sp³-hybridized carbons (Fsp3) is 0.125. The minimum absolute atomic E-state index is 0.114. The Labute approximate surface area is 173 Å². The van der Waals surface area contributed by atoms with E-state index < -0.39 is 0 Å². The Bertz CT molecular complexity index is 1250. The molecule has 0 atom stereocenters. The van der Waals surface area contributed by atoms with Gasteiger partial charge in [0.15, 0.2) is 0 Å². The highest BCUT2D eigenvalue weighted by Crippen LogP contribution is 2.25. The molecule has 0 aliphatic rings. The molecule has 3 aromatic carbocycles. The van der Waals surface area contributed by atoms with E-state index in [4.69, 9.17) is 4.74 Å². The molecule has 30 heavy (non-hydrogen) atoms. The van der Waals surface area contributed by atoms with E-state index in [-0.39, 0.29) is 18.0 Å². The van der Waals surface area contributed by atoms with Crippen LogP contribution in [0.15, 0.2) is 83.9 Å². The molecule has 0 spiro atoms. The van der Waals surface area contributed by atoms with E-state index in [0.717, 1.165) is 16.9 Å². The summed E-state index contributed by atoms with van der Waals surface area (Å²) in [6.07, 6.45) is 2.08. The van der Waals surface area contributed by atoms with Crippen molar-refractivity contribution in [1.82, 2.24) is 9.55 Å². The van der Waals surface area contributed by atoms with Crippen LogP contribution in [0.3, 0.4) is 0 Å². The van der Waals surface area contributed by atoms with Crippen LogP contribution < -0.4 is 15.6 Å². The molecule has 1 aromatic heterocycles. The van der Waals surface area contributed by atoms with Gasteiger partial charge in [-0.2, -0.15) is 0 Å². The van der Waals surface area contributed by atoms with E-state index in [9.17, 15) is 9.59 Å². The molecule has 1 heterocycles. The zero-order chi connectivity index (χ0) is 20.9. The quantitative estimate of drug-likeness (QED) is 0.537. The molecule has 1 amide bonds. The number of nitrogens with zero attached hydrogens (tertiary/aromatic N) is 2. The summed E-state index contributed by atoms with van der Waals surface area (Å²) in [5, 5.41) is 3.35. The second-order valence-corrected chi connectivity index (χ2v) is 6.93. The van der Waals surface area contributed by atoms with E-state index in [2.05, 4.69) is 10.3 Å². The van der Waals surface area contributed by atoms with Crippen LogP contribution in [0.5, 0.6) is 5.75 Å². The number of para-hydroxylation sites is 1. The molecule has 0 radical (unpaired) electrons. The van der Waals surface area contributed by atoms with Crippen molar-refractivity contribution in [3.8, 4) is 5.75 Å². The molecule has 6 nitrogen and oxygen atoms in total. The molecule has 0 aliphatic heterocycles. The number of benzene rings is 3. The molecule has 6 heteroatoms. The topological polar surface area (TPSA) is 73.2 Å². The van der Waals surface area contributed by atoms with Crippen molar-refractivity contribution < 1.29 is 9.53 Å². The van der Waals surface area contributed by atoms with E-state index in [0.29, 0.717) is 23.0 Å². The molecule has 0 unspecified atom stereocenters. The summed E-state index contributed by atoms with van der Waals surface area (Å²) in [4.78, 5) is 29.4. The summed E-state index contributed by atoms with van der Waals surface area (Å²) in [6.45, 7) is -0.114. The number of carbonyl (C=O) groups is 1. The smallest absolute Gasteiger partial charge is 0.261 e. The molecule has 0 saturated heterocycles. The van der Waals surface area contributed by atoms with Gasteiger partial charge in [0.1, 0.15) is 12.3 Å². The molecule has 1 N–H and O–H groups in total. The number of hydrogen-bond donors (Lipinski definition) is 1. The van der Waals surface area contributed by atoms with Crippen molar-refractivity contribution in [2.24, 2.45) is 0 Å². The van der Waals surface area contributed by atoms with E-state index in [1.54, 1.807) is 31.4 Å². The summed E-state index contributed by atoms with van der Waals surface area (Å²) in [6, 6.07) is 22.6. The summed E-state index contributed by atoms with van der Waals surface area (Å²) in [5.74, 6) is 0.455. The predicted octanol–water partition coefficient (Wildman–Crippen LogP) is 3.63. The lowest BCUT2D eigenvalue weighted by Gasteiger charge is -2.12. The summed E-state index contributed by atoms with van der Waals surface area (Å²) in [5.41, 5.74) is 3.13. The zero-order valence-corrected chi connectivity index (χ0v) is 16.5. The second-order valence-electron chi connectivity index (χ2n) is 6.93. The van der Waals surface area contributed by atoms with Gasteiger partial charge in [-0.15, -0.1) is 0 Å². The minimum Gasteiger partial charge on any atom is -0.496 e. The molecular weight excluding hydrogens is 378 g/mol. The highest BCUT2D eigenvalue weighted by Gasteiger charge is 2.11. The maximum atomic E-state index is 12.6. The summed E-state index contributed by atoms with van der Waals surface area (Å²) >= 11 is 0. The van der Waals surface area contributed by atoms with Crippen LogP contribution in [0.1, 0.15) is 11.1 Å². The highest BCUT2D eigenvalue weighted by molar-refractivity contribution is 5.91. The first-order chi connectivity index (χ1) is 14.6. The van der Waals surface area contributed by atoms with Crippen LogP contribution in [-0.2, 0) is 17.8 Å². The van der Waals surface area contributed by atoms with Crippen LogP contribution in [0.2, 0.25) is 0 Å². The van der Waals surface area contributed by atoms with Gasteiger partial charge < -0.3 is 10.1 Å². The van der Waals surface area contributed by atoms with Crippen LogP contribution in [0.25, 0.3) is 10.9 Å². The van der Waals surface area contributed by atoms with Crippen molar-refractivity contribution in [1.29, 1.82) is 0 Å². The third-order valence-electron chi connectivity index (χ3n) is 4.85. The molecule has 4 aromatic rings. The van der Waals surface area contributed by atoms with Gasteiger partial charge in [-0.1, -0.05) is 42.5 Å². The lowest BCUT2D eigenvalue weighted by molar-refractivity contribution is -0.116. The Morgan fingerprint density at radius 3 is 2.60 bits per heavy atom. The van der Waals surface area contributed by atoms with Crippen molar-refractivity contribution in [3.63, 3.8) is 0 Å². The van der Waals surface area contributed by atoms with Crippen LogP contribution in [0.4, 0.5) is 5.69 Å². The number of ether oxygens (including phenoxy) is 1. The van der Waals surface area contributed by atoms with Crippen LogP contribution >= 0.6 is 0 Å². The van der Waals surface area contributed by atoms with Gasteiger partial charge >= 0.3 is 0 Å². The zero-order valence-electron chi connectivity index (χ0n) is 16.5. The Balaban J connectivity index is 1.53. The highest BCUT2D eigenvalue weighted by atomic mass is 16.5. The normalized spacial score (nSPS) is 10.7. The Kier molecular flexibility index (Phi) is 5.57. The van der Waals surface area contributed by atoms with Gasteiger partial charge in [0.25, 0.3) is 5.56 Å². The number of anilines is 1. The fourth-order valence-electron chi connectivity index (χ4n) is 3.38. The second kappa shape index (κ2) is 8.61. The molecule has 0 bridgehead atoms. The van der Waals surface area contributed by atoms with Crippen LogP contribution in [0, 0.1) is 0 Å². The average molecular weight is 399 g/mol. The first-order valence-electron chi connectivity index (χ1n) is 9.59. The standard InChI is InChI=1S/C24H21N3O3/c1-30-22-12-11-19(14-18(22)13-17-7-3-2-4-8-17)26-23(28)15-27-16-25-21-10-6-5-9-20(21)24(27)29/h2-12,14,16H,13,15H2,1H3,(H,26,28). The number of carbonyl (C=O) groups excluding carboxylic acids is 1. The number of nitrogens with one attached hydrogen (secondary N) is 1. The Morgan fingerprint density at radius 2 is 1.80 bits per heavy atom. The largest absolute Gasteiger partial charge is 0.496 e. The summed E-state index contributed by atoms with van der Waals surface area (Å²) in [7, 11) is 1.63. The predicted molar refractivity (Wildman–Crippen MR) is 117 cm³/mol. The summed E-state index contributed by atoms with van der Waals surface area (Å²) < 4.78 is 6.77. The third kappa shape index (κ3) is 4.22. The maximum Gasteiger partial charge on any atom is 0.261 e. The van der Waals surface area contributed by atoms with Crippen molar-refractivity contribution in [2.75, 3.05) is 12.4 Å². The number of hydrogen-bond acceptors (Lipinski definition) is 4. The Hall–Kier alpha value is -3.93. The number of aromatic nitrogens is 2. The monoisotopic (exact) mass is 399 g/mol. The minimum atomic E-state index is -0.301. The molecule has 0 fully saturated rings. The molecule has 150 valence electrons. The van der Waals surface area contributed by atoms with E-state index >= 15 is 0 Å². The molecule has 4 rings (SSSR count). The van der Waals surface area contributed by atoms with Gasteiger partial charge in [-0.05, 0) is 35.9 Å². The van der Waals surface area contributed by atoms with Crippen molar-refractivity contribution in [2.45, 2.75) is 13.0 Å². The maximum absolute atomic E-state index is 12.6. The average Bonchev–Trinajstić information content (AvgIpc) is 2.77. The third-order valence-corrected chi connectivity index (χ3v) is 4.85. The van der Waals surface area contributed by atoms with Crippen molar-refractivity contribution >= 4 is 22.5 Å². The number of methoxy groups -OCH3 is 1. The SMILES string of the molecule is COc1ccc(NC(=O)Cn2cnc3ccccc3c2=O)cc1Cc1ccccc1. The number of amides is 1. The first-order valence-corrected chi connectivity index (χ1v) is 9.59. The fourth-order valence-corrected chi connectivity index (χ4v) is 3.38. The number of fused-ring (bicyclic) bond motifs is 1. The lowest BCUT2D eigenvalue weighted by atomic mass is 10.0. The Morgan fingerprint density at radius 1 is 1.03 bits per heavy atom. The van der Waals surface area contributed by atoms with E-state index in [1.807, 2.05) is 48.5 Å². The van der Waals surface area contributed by atoms with Crippen LogP contribution in [-0.4, -0.2) is 22.6 Å². The van der Waals surface area contributed by atoms with Gasteiger partial charge in [0.2, 0.25) is 5.91 Å². The van der Waals surface area contributed by atoms with Gasteiger partial charge in [0, 0.05) is 17.7 Å². The van der Waals surface area contributed by atoms with Gasteiger partial charge in [-0.25, -0.2) is 4.98 Å². The van der Waals surface area contributed by atoms with Gasteiger partial charge in [0.05, 0.1) is 24.3 Å². The molecule has 0 saturated carbocycles. The van der Waals surface area contributed by atoms with Gasteiger partial charge in [-0.3, -0.25) is 14.2 Å². The number of rotatable bonds is 6. The molecule has 0 aliphatic carbocycles. The molecular formula is C24H21N3O3. The van der Waals surface area contributed by atoms with Crippen molar-refractivity contribution in [3.05, 3.63) is 101 Å². The lowest BCUT2D eigenvalue weighted by Crippen LogP contribution is -2.27. The van der Waals surface area contributed by atoms with E-state index in [1.165, 1.54) is 10.9 Å². The first kappa shape index (κ1) is 19.4.